The Balaban J connectivity index is 2.31. The van der Waals surface area contributed by atoms with Crippen LogP contribution in [-0.2, 0) is 0 Å². The molecule has 0 nitrogen and oxygen atoms in total. The summed E-state index contributed by atoms with van der Waals surface area (Å²) in [5.74, 6) is 2.86. The summed E-state index contributed by atoms with van der Waals surface area (Å²) in [7, 11) is 0. The van der Waals surface area contributed by atoms with Crippen molar-refractivity contribution in [2.24, 2.45) is 5.92 Å². The smallest absolute Gasteiger partial charge is 0.0213 e. The Morgan fingerprint density at radius 3 is 2.73 bits per heavy atom. The van der Waals surface area contributed by atoms with Crippen LogP contribution < -0.4 is 0 Å². The van der Waals surface area contributed by atoms with E-state index < -0.39 is 0 Å². The van der Waals surface area contributed by atoms with Crippen molar-refractivity contribution in [3.05, 3.63) is 5.92 Å². The third-order valence-electron chi connectivity index (χ3n) is 2.97. The van der Waals surface area contributed by atoms with E-state index in [2.05, 4.69) is 13.8 Å². The fourth-order valence-corrected chi connectivity index (χ4v) is 2.31. The Kier molecular flexibility index (Phi) is 3.96. The summed E-state index contributed by atoms with van der Waals surface area (Å²) in [5, 5.41) is 0. The van der Waals surface area contributed by atoms with Crippen molar-refractivity contribution in [1.82, 2.24) is 0 Å². The van der Waals surface area contributed by atoms with Crippen LogP contribution >= 0.6 is 0 Å². The molecule has 11 heavy (non-hydrogen) atoms. The van der Waals surface area contributed by atoms with Crippen molar-refractivity contribution in [3.63, 3.8) is 0 Å². The van der Waals surface area contributed by atoms with Crippen LogP contribution in [0, 0.1) is 11.8 Å². The van der Waals surface area contributed by atoms with Gasteiger partial charge >= 0.3 is 0 Å². The van der Waals surface area contributed by atoms with Gasteiger partial charge in [-0.1, -0.05) is 39.5 Å². The zero-order chi connectivity index (χ0) is 8.10. The first-order valence-corrected chi connectivity index (χ1v) is 5.23. The molecule has 0 N–H and O–H groups in total. The van der Waals surface area contributed by atoms with Gasteiger partial charge in [0.1, 0.15) is 0 Å². The van der Waals surface area contributed by atoms with E-state index >= 15 is 0 Å². The predicted molar refractivity (Wildman–Crippen MR) is 50.4 cm³/mol. The van der Waals surface area contributed by atoms with Gasteiger partial charge in [0.2, 0.25) is 0 Å². The standard InChI is InChI=1S/C11H21/c1-3-7-11-9-6-5-8-10(11)4-2/h11H,3-9H2,1-2H3. The van der Waals surface area contributed by atoms with Crippen LogP contribution in [0.15, 0.2) is 0 Å². The van der Waals surface area contributed by atoms with E-state index in [1.165, 1.54) is 44.9 Å². The highest BCUT2D eigenvalue weighted by Crippen LogP contribution is 2.36. The van der Waals surface area contributed by atoms with Gasteiger partial charge in [-0.05, 0) is 31.1 Å². The van der Waals surface area contributed by atoms with Crippen molar-refractivity contribution in [2.75, 3.05) is 0 Å². The first kappa shape index (κ1) is 9.09. The molecule has 1 aliphatic rings. The Morgan fingerprint density at radius 2 is 2.09 bits per heavy atom. The zero-order valence-corrected chi connectivity index (χ0v) is 8.03. The minimum atomic E-state index is 0.999. The molecule has 0 saturated heterocycles. The van der Waals surface area contributed by atoms with E-state index in [0.717, 1.165) is 5.92 Å². The van der Waals surface area contributed by atoms with Crippen LogP contribution in [-0.4, -0.2) is 0 Å². The van der Waals surface area contributed by atoms with Gasteiger partial charge in [0.15, 0.2) is 0 Å². The summed E-state index contributed by atoms with van der Waals surface area (Å²) in [5.41, 5.74) is 0. The molecule has 65 valence electrons. The Morgan fingerprint density at radius 1 is 1.27 bits per heavy atom. The third-order valence-corrected chi connectivity index (χ3v) is 2.97. The zero-order valence-electron chi connectivity index (χ0n) is 8.03. The molecule has 1 unspecified atom stereocenters. The molecule has 0 heteroatoms. The Labute approximate surface area is 71.4 Å². The summed E-state index contributed by atoms with van der Waals surface area (Å²) < 4.78 is 0. The van der Waals surface area contributed by atoms with Gasteiger partial charge in [0, 0.05) is 0 Å². The van der Waals surface area contributed by atoms with Crippen LogP contribution in [0.25, 0.3) is 0 Å². The number of rotatable bonds is 3. The van der Waals surface area contributed by atoms with Gasteiger partial charge in [0.25, 0.3) is 0 Å². The van der Waals surface area contributed by atoms with Crippen LogP contribution in [0.4, 0.5) is 0 Å². The lowest BCUT2D eigenvalue weighted by atomic mass is 9.76. The molecule has 0 bridgehead atoms. The van der Waals surface area contributed by atoms with E-state index in [-0.39, 0.29) is 0 Å². The lowest BCUT2D eigenvalue weighted by Gasteiger charge is -2.29. The molecular formula is C11H21. The van der Waals surface area contributed by atoms with Crippen molar-refractivity contribution >= 4 is 0 Å². The molecule has 0 aromatic carbocycles. The second kappa shape index (κ2) is 4.79. The van der Waals surface area contributed by atoms with Crippen LogP contribution in [0.2, 0.25) is 0 Å². The molecule has 0 aromatic rings. The molecule has 1 saturated carbocycles. The molecule has 0 aromatic heterocycles. The van der Waals surface area contributed by atoms with Crippen molar-refractivity contribution in [2.45, 2.75) is 58.8 Å². The van der Waals surface area contributed by atoms with Crippen LogP contribution in [0.3, 0.4) is 0 Å². The van der Waals surface area contributed by atoms with Crippen molar-refractivity contribution in [1.29, 1.82) is 0 Å². The minimum absolute atomic E-state index is 0.999. The highest BCUT2D eigenvalue weighted by atomic mass is 14.3. The summed E-state index contributed by atoms with van der Waals surface area (Å²) >= 11 is 0. The minimum Gasteiger partial charge on any atom is -0.0654 e. The molecule has 1 aliphatic carbocycles. The summed E-state index contributed by atoms with van der Waals surface area (Å²) in [6, 6.07) is 0. The monoisotopic (exact) mass is 153 g/mol. The van der Waals surface area contributed by atoms with Gasteiger partial charge in [-0.3, -0.25) is 0 Å². The first-order chi connectivity index (χ1) is 5.38. The molecule has 0 amide bonds. The fourth-order valence-electron chi connectivity index (χ4n) is 2.31. The predicted octanol–water partition coefficient (Wildman–Crippen LogP) is 3.96. The van der Waals surface area contributed by atoms with E-state index in [1.54, 1.807) is 0 Å². The molecule has 0 aliphatic heterocycles. The maximum Gasteiger partial charge on any atom is -0.0213 e. The molecular weight excluding hydrogens is 132 g/mol. The maximum atomic E-state index is 2.32. The highest BCUT2D eigenvalue weighted by Gasteiger charge is 2.22. The van der Waals surface area contributed by atoms with Gasteiger partial charge in [-0.2, -0.15) is 0 Å². The summed E-state index contributed by atoms with van der Waals surface area (Å²) in [4.78, 5) is 0. The van der Waals surface area contributed by atoms with Gasteiger partial charge in [0.05, 0.1) is 0 Å². The Bertz CT molecular complexity index is 94.2. The average Bonchev–Trinajstić information content (AvgIpc) is 2.06. The maximum absolute atomic E-state index is 2.32. The van der Waals surface area contributed by atoms with Crippen LogP contribution in [0.1, 0.15) is 58.8 Å². The molecule has 1 rings (SSSR count). The number of hydrogen-bond donors (Lipinski definition) is 0. The number of hydrogen-bond acceptors (Lipinski definition) is 0. The molecule has 0 heterocycles. The van der Waals surface area contributed by atoms with Crippen molar-refractivity contribution < 1.29 is 0 Å². The van der Waals surface area contributed by atoms with E-state index in [4.69, 9.17) is 0 Å². The second-order valence-corrected chi connectivity index (χ2v) is 3.74. The normalized spacial score (nSPS) is 27.3. The highest BCUT2D eigenvalue weighted by molar-refractivity contribution is 4.97. The summed E-state index contributed by atoms with van der Waals surface area (Å²) in [6.45, 7) is 4.63. The largest absolute Gasteiger partial charge is 0.0654 e. The molecule has 1 fully saturated rings. The molecule has 1 atom stereocenters. The SMILES string of the molecule is CCCC1CCCC[C]1CC. The van der Waals surface area contributed by atoms with E-state index in [9.17, 15) is 0 Å². The quantitative estimate of drug-likeness (QED) is 0.575. The van der Waals surface area contributed by atoms with Gasteiger partial charge < -0.3 is 0 Å². The van der Waals surface area contributed by atoms with Gasteiger partial charge in [-0.25, -0.2) is 0 Å². The van der Waals surface area contributed by atoms with Crippen LogP contribution in [0.5, 0.6) is 0 Å². The second-order valence-electron chi connectivity index (χ2n) is 3.74. The third kappa shape index (κ3) is 2.50. The summed E-state index contributed by atoms with van der Waals surface area (Å²) in [6.07, 6.45) is 10.0. The average molecular weight is 153 g/mol. The lowest BCUT2D eigenvalue weighted by molar-refractivity contribution is 0.357. The van der Waals surface area contributed by atoms with E-state index in [1.807, 2.05) is 5.92 Å². The Hall–Kier alpha value is 0. The molecule has 0 spiro atoms. The lowest BCUT2D eigenvalue weighted by Crippen LogP contribution is -2.16. The van der Waals surface area contributed by atoms with E-state index in [0.29, 0.717) is 0 Å². The topological polar surface area (TPSA) is 0 Å². The van der Waals surface area contributed by atoms with Crippen molar-refractivity contribution in [3.8, 4) is 0 Å². The first-order valence-electron chi connectivity index (χ1n) is 5.23. The fraction of sp³-hybridized carbons (Fsp3) is 0.909. The molecule has 1 radical (unpaired) electrons. The van der Waals surface area contributed by atoms with Gasteiger partial charge in [-0.15, -0.1) is 0 Å².